The zero-order valence-electron chi connectivity index (χ0n) is 26.2. The fourth-order valence-corrected chi connectivity index (χ4v) is 7.12. The van der Waals surface area contributed by atoms with Gasteiger partial charge in [0.1, 0.15) is 29.1 Å². The molecule has 5 heterocycles. The van der Waals surface area contributed by atoms with Gasteiger partial charge in [-0.2, -0.15) is 5.10 Å². The van der Waals surface area contributed by atoms with E-state index in [4.69, 9.17) is 34.8 Å². The van der Waals surface area contributed by atoms with Crippen LogP contribution in [0.25, 0.3) is 33.8 Å². The zero-order valence-corrected chi connectivity index (χ0v) is 26.2. The van der Waals surface area contributed by atoms with Crippen molar-refractivity contribution in [3.8, 4) is 22.8 Å². The maximum absolute atomic E-state index is 12.5. The Morgan fingerprint density at radius 2 is 1.72 bits per heavy atom. The van der Waals surface area contributed by atoms with Gasteiger partial charge < -0.3 is 24.6 Å². The van der Waals surface area contributed by atoms with Crippen molar-refractivity contribution in [3.63, 3.8) is 0 Å². The lowest BCUT2D eigenvalue weighted by atomic mass is 9.50. The third-order valence-corrected chi connectivity index (χ3v) is 9.69. The highest BCUT2D eigenvalue weighted by Crippen LogP contribution is 2.63. The van der Waals surface area contributed by atoms with Crippen LogP contribution in [0.4, 0.5) is 10.6 Å². The van der Waals surface area contributed by atoms with Crippen molar-refractivity contribution in [2.75, 3.05) is 25.4 Å². The molecule has 1 saturated heterocycles. The Hall–Kier alpha value is -4.62. The smallest absolute Gasteiger partial charge is 0.410 e. The topological polar surface area (TPSA) is 177 Å². The summed E-state index contributed by atoms with van der Waals surface area (Å²) in [7, 11) is 0. The van der Waals surface area contributed by atoms with Crippen LogP contribution in [-0.4, -0.2) is 77.1 Å². The number of piperidine rings is 1. The number of carbonyl (C=O) groups excluding carboxylic acids is 2. The molecule has 9 rings (SSSR count). The summed E-state index contributed by atoms with van der Waals surface area (Å²) in [5.41, 5.74) is 9.40. The average molecular weight is 628 g/mol. The van der Waals surface area contributed by atoms with Gasteiger partial charge >= 0.3 is 12.1 Å². The van der Waals surface area contributed by atoms with Crippen LogP contribution in [0.1, 0.15) is 88.9 Å². The molecule has 4 aliphatic carbocycles. The second-order valence-corrected chi connectivity index (χ2v) is 14.2. The minimum absolute atomic E-state index is 0.00621. The van der Waals surface area contributed by atoms with E-state index in [2.05, 4.69) is 15.1 Å². The van der Waals surface area contributed by atoms with E-state index in [1.165, 1.54) is 6.33 Å². The second-order valence-electron chi connectivity index (χ2n) is 14.2. The Balaban J connectivity index is 1.01. The van der Waals surface area contributed by atoms with Gasteiger partial charge in [0.15, 0.2) is 23.8 Å². The number of nitrogen functional groups attached to an aromatic ring is 1. The number of likely N-dealkylation sites (tertiary alicyclic amines) is 1. The molecule has 4 aromatic heterocycles. The molecule has 5 aliphatic rings. The molecule has 2 N–H and O–H groups in total. The van der Waals surface area contributed by atoms with Crippen LogP contribution in [0.2, 0.25) is 0 Å². The van der Waals surface area contributed by atoms with E-state index < -0.39 is 24.3 Å². The van der Waals surface area contributed by atoms with E-state index in [1.807, 2.05) is 17.1 Å². The van der Waals surface area contributed by atoms with E-state index in [-0.39, 0.29) is 17.4 Å². The SMILES string of the molecule is CC(C)(C)OC(=O)COC(=O)N1CCC(c2cnc(-c3c(-c4nn(C56CC(C5)C6)c5ncnc(N)c45)noc3C3CC3)nc2)CC1. The Morgan fingerprint density at radius 1 is 1.00 bits per heavy atom. The largest absolute Gasteiger partial charge is 0.457 e. The maximum atomic E-state index is 12.5. The van der Waals surface area contributed by atoms with E-state index in [1.54, 1.807) is 25.7 Å². The highest BCUT2D eigenvalue weighted by atomic mass is 16.6. The van der Waals surface area contributed by atoms with Gasteiger partial charge in [-0.1, -0.05) is 5.16 Å². The molecule has 1 amide bonds. The molecular formula is C32H37N9O5. The molecule has 5 fully saturated rings. The number of carbonyl (C=O) groups is 2. The summed E-state index contributed by atoms with van der Waals surface area (Å²) in [5.74, 6) is 2.29. The fourth-order valence-electron chi connectivity index (χ4n) is 7.12. The van der Waals surface area contributed by atoms with Crippen molar-refractivity contribution in [1.82, 2.24) is 39.8 Å². The highest BCUT2D eigenvalue weighted by molar-refractivity contribution is 6.00. The van der Waals surface area contributed by atoms with Gasteiger partial charge in [-0.15, -0.1) is 0 Å². The summed E-state index contributed by atoms with van der Waals surface area (Å²) in [6, 6.07) is 0. The predicted molar refractivity (Wildman–Crippen MR) is 164 cm³/mol. The number of amides is 1. The minimum atomic E-state index is -0.635. The predicted octanol–water partition coefficient (Wildman–Crippen LogP) is 4.56. The molecule has 0 radical (unpaired) electrons. The number of nitrogens with zero attached hydrogens (tertiary/aromatic N) is 8. The molecule has 2 bridgehead atoms. The number of ether oxygens (including phenoxy) is 2. The number of hydrogen-bond donors (Lipinski definition) is 1. The van der Waals surface area contributed by atoms with E-state index in [0.29, 0.717) is 41.5 Å². The first-order valence-corrected chi connectivity index (χ1v) is 16.0. The molecular weight excluding hydrogens is 590 g/mol. The summed E-state index contributed by atoms with van der Waals surface area (Å²) in [6.07, 6.45) is 11.5. The summed E-state index contributed by atoms with van der Waals surface area (Å²) in [4.78, 5) is 44.6. The van der Waals surface area contributed by atoms with E-state index in [0.717, 1.165) is 73.4 Å². The summed E-state index contributed by atoms with van der Waals surface area (Å²) < 4.78 is 18.4. The molecule has 0 atom stereocenters. The number of rotatable bonds is 7. The molecule has 14 heteroatoms. The first-order valence-electron chi connectivity index (χ1n) is 16.0. The van der Waals surface area contributed by atoms with Crippen molar-refractivity contribution < 1.29 is 23.6 Å². The monoisotopic (exact) mass is 627 g/mol. The van der Waals surface area contributed by atoms with Crippen LogP contribution >= 0.6 is 0 Å². The lowest BCUT2D eigenvalue weighted by Gasteiger charge is -2.61. The molecule has 46 heavy (non-hydrogen) atoms. The van der Waals surface area contributed by atoms with Gasteiger partial charge in [0.2, 0.25) is 0 Å². The number of fused-ring (bicyclic) bond motifs is 1. The number of anilines is 1. The van der Waals surface area contributed by atoms with Crippen molar-refractivity contribution in [3.05, 3.63) is 30.0 Å². The molecule has 1 aliphatic heterocycles. The van der Waals surface area contributed by atoms with Gasteiger partial charge in [-0.05, 0) is 83.1 Å². The summed E-state index contributed by atoms with van der Waals surface area (Å²) in [6.45, 7) is 5.90. The van der Waals surface area contributed by atoms with Crippen molar-refractivity contribution in [2.24, 2.45) is 5.92 Å². The van der Waals surface area contributed by atoms with Crippen molar-refractivity contribution >= 4 is 28.9 Å². The van der Waals surface area contributed by atoms with Gasteiger partial charge in [0, 0.05) is 31.4 Å². The summed E-state index contributed by atoms with van der Waals surface area (Å²) >= 11 is 0. The lowest BCUT2D eigenvalue weighted by Crippen LogP contribution is -2.59. The van der Waals surface area contributed by atoms with Gasteiger partial charge in [0.05, 0.1) is 16.5 Å². The molecule has 14 nitrogen and oxygen atoms in total. The second kappa shape index (κ2) is 10.5. The molecule has 4 saturated carbocycles. The Bertz CT molecular complexity index is 1810. The van der Waals surface area contributed by atoms with Crippen LogP contribution in [0.15, 0.2) is 23.2 Å². The van der Waals surface area contributed by atoms with Crippen LogP contribution in [-0.2, 0) is 19.8 Å². The number of esters is 1. The van der Waals surface area contributed by atoms with Crippen LogP contribution < -0.4 is 5.73 Å². The van der Waals surface area contributed by atoms with Crippen molar-refractivity contribution in [2.45, 2.75) is 88.7 Å². The molecule has 240 valence electrons. The number of aromatic nitrogens is 7. The van der Waals surface area contributed by atoms with Gasteiger partial charge in [0.25, 0.3) is 0 Å². The first-order chi connectivity index (χ1) is 22.1. The molecule has 0 unspecified atom stereocenters. The van der Waals surface area contributed by atoms with Gasteiger partial charge in [-0.3, -0.25) is 0 Å². The number of nitrogens with two attached hydrogens (primary N) is 1. The Morgan fingerprint density at radius 3 is 2.35 bits per heavy atom. The zero-order chi connectivity index (χ0) is 31.8. The maximum Gasteiger partial charge on any atom is 0.410 e. The third kappa shape index (κ3) is 4.94. The van der Waals surface area contributed by atoms with E-state index >= 15 is 0 Å². The Kier molecular flexibility index (Phi) is 6.55. The third-order valence-electron chi connectivity index (χ3n) is 9.69. The summed E-state index contributed by atoms with van der Waals surface area (Å²) in [5, 5.41) is 10.3. The standard InChI is InChI=1S/C32H37N9O5/c1-31(2,3)45-21(42)15-44-30(43)40-8-6-18(7-9-40)20-13-34-28(35-14-20)22-25(39-46-26(22)19-4-5-19)24-23-27(33)36-16-37-29(23)41(38-24)32-10-17(11-32)12-32/h13-14,16-19H,4-12,15H2,1-3H3,(H2,33,36,37). The van der Waals surface area contributed by atoms with Crippen LogP contribution in [0, 0.1) is 5.92 Å². The minimum Gasteiger partial charge on any atom is -0.457 e. The Labute approximate surface area is 265 Å². The molecule has 4 aromatic rings. The normalized spacial score (nSPS) is 22.8. The van der Waals surface area contributed by atoms with E-state index in [9.17, 15) is 9.59 Å². The van der Waals surface area contributed by atoms with Crippen LogP contribution in [0.5, 0.6) is 0 Å². The fraction of sp³-hybridized carbons (Fsp3) is 0.562. The average Bonchev–Trinajstić information content (AvgIpc) is 3.62. The molecule has 0 spiro atoms. The lowest BCUT2D eigenvalue weighted by molar-refractivity contribution is -0.158. The first kappa shape index (κ1) is 28.8. The van der Waals surface area contributed by atoms with Gasteiger partial charge in [-0.25, -0.2) is 34.2 Å². The quantitative estimate of drug-likeness (QED) is 0.283. The van der Waals surface area contributed by atoms with Crippen molar-refractivity contribution in [1.29, 1.82) is 0 Å². The van der Waals surface area contributed by atoms with Crippen LogP contribution in [0.3, 0.4) is 0 Å². The number of hydrogen-bond acceptors (Lipinski definition) is 12. The highest BCUT2D eigenvalue weighted by Gasteiger charge is 2.59. The molecule has 0 aromatic carbocycles.